The Bertz CT molecular complexity index is 974. The molecule has 6 nitrogen and oxygen atoms in total. The second-order valence-corrected chi connectivity index (χ2v) is 6.85. The summed E-state index contributed by atoms with van der Waals surface area (Å²) in [5.74, 6) is -1.85. The Kier molecular flexibility index (Phi) is 8.01. The molecule has 2 aromatic rings. The molecule has 1 amide bonds. The highest BCUT2D eigenvalue weighted by atomic mass is 35.5. The van der Waals surface area contributed by atoms with Gasteiger partial charge in [0.1, 0.15) is 11.5 Å². The van der Waals surface area contributed by atoms with Crippen molar-refractivity contribution in [1.82, 2.24) is 15.5 Å². The van der Waals surface area contributed by atoms with Crippen molar-refractivity contribution in [3.05, 3.63) is 64.1 Å². The molecule has 1 aromatic carbocycles. The maximum atomic E-state index is 13.6. The van der Waals surface area contributed by atoms with Gasteiger partial charge in [-0.3, -0.25) is 15.2 Å². The molecule has 0 saturated carbocycles. The molecule has 0 aliphatic rings. The molecule has 0 spiro atoms. The zero-order chi connectivity index (χ0) is 22.3. The molecular weight excluding hydrogens is 449 g/mol. The van der Waals surface area contributed by atoms with Gasteiger partial charge in [0, 0.05) is 28.2 Å². The molecule has 0 unspecified atom stereocenters. The number of hydrogen-bond acceptors (Lipinski definition) is 3. The summed E-state index contributed by atoms with van der Waals surface area (Å²) in [6, 6.07) is 4.11. The van der Waals surface area contributed by atoms with E-state index in [0.717, 1.165) is 12.1 Å². The third-order valence-electron chi connectivity index (χ3n) is 3.24. The predicted octanol–water partition coefficient (Wildman–Crippen LogP) is 5.53. The number of anilines is 1. The number of allylic oxidation sites excluding steroid dienone is 3. The average Bonchev–Trinajstić information content (AvgIpc) is 3.06. The molecular formula is C18H15Cl2F4N5O. The highest BCUT2D eigenvalue weighted by molar-refractivity contribution is 6.31. The van der Waals surface area contributed by atoms with Gasteiger partial charge < -0.3 is 5.32 Å². The van der Waals surface area contributed by atoms with E-state index in [9.17, 15) is 22.4 Å². The smallest absolute Gasteiger partial charge is 0.325 e. The van der Waals surface area contributed by atoms with Crippen LogP contribution in [-0.4, -0.2) is 22.1 Å². The van der Waals surface area contributed by atoms with Crippen LogP contribution in [0.2, 0.25) is 5.02 Å². The first-order chi connectivity index (χ1) is 14.0. The van der Waals surface area contributed by atoms with Crippen molar-refractivity contribution < 1.29 is 22.4 Å². The van der Waals surface area contributed by atoms with Crippen molar-refractivity contribution in [2.24, 2.45) is 4.99 Å². The summed E-state index contributed by atoms with van der Waals surface area (Å²) in [7, 11) is 0. The third kappa shape index (κ3) is 7.88. The first-order valence-corrected chi connectivity index (χ1v) is 9.01. The van der Waals surface area contributed by atoms with Crippen molar-refractivity contribution in [2.45, 2.75) is 19.5 Å². The summed E-state index contributed by atoms with van der Waals surface area (Å²) in [4.78, 5) is 16.0. The number of rotatable bonds is 5. The molecule has 160 valence electrons. The number of aromatic nitrogens is 2. The summed E-state index contributed by atoms with van der Waals surface area (Å²) >= 11 is 11.5. The number of nitrogens with one attached hydrogen (secondary N) is 3. The molecule has 0 saturated heterocycles. The maximum Gasteiger partial charge on any atom is 0.432 e. The quantitative estimate of drug-likeness (QED) is 0.236. The minimum Gasteiger partial charge on any atom is -0.325 e. The third-order valence-corrected chi connectivity index (χ3v) is 3.59. The summed E-state index contributed by atoms with van der Waals surface area (Å²) in [6.45, 7) is 1.66. The molecule has 1 heterocycles. The zero-order valence-corrected chi connectivity index (χ0v) is 16.8. The van der Waals surface area contributed by atoms with Crippen molar-refractivity contribution >= 4 is 46.6 Å². The van der Waals surface area contributed by atoms with Crippen LogP contribution in [0.5, 0.6) is 0 Å². The topological polar surface area (TPSA) is 82.2 Å². The molecule has 1 aromatic heterocycles. The van der Waals surface area contributed by atoms with Crippen LogP contribution in [0.1, 0.15) is 19.0 Å². The molecule has 2 rings (SSSR count). The second-order valence-electron chi connectivity index (χ2n) is 5.81. The fraction of sp³-hybridized carbons (Fsp3) is 0.167. The van der Waals surface area contributed by atoms with Gasteiger partial charge in [0.15, 0.2) is 5.82 Å². The molecule has 0 bridgehead atoms. The number of carbonyl (C=O) groups excluding carboxylic acids is 1. The van der Waals surface area contributed by atoms with Crippen LogP contribution in [0.15, 0.2) is 52.5 Å². The van der Waals surface area contributed by atoms with Gasteiger partial charge in [0.05, 0.1) is 0 Å². The highest BCUT2D eigenvalue weighted by Crippen LogP contribution is 2.29. The van der Waals surface area contributed by atoms with Crippen LogP contribution in [0.25, 0.3) is 0 Å². The molecule has 0 aliphatic heterocycles. The van der Waals surface area contributed by atoms with Crippen LogP contribution in [0.4, 0.5) is 29.1 Å². The lowest BCUT2D eigenvalue weighted by atomic mass is 10.3. The van der Waals surface area contributed by atoms with Crippen molar-refractivity contribution in [3.8, 4) is 0 Å². The van der Waals surface area contributed by atoms with E-state index in [0.29, 0.717) is 11.1 Å². The van der Waals surface area contributed by atoms with Gasteiger partial charge in [-0.2, -0.15) is 23.3 Å². The zero-order valence-electron chi connectivity index (χ0n) is 15.3. The maximum absolute atomic E-state index is 13.6. The molecule has 0 aliphatic carbocycles. The molecule has 0 fully saturated rings. The first-order valence-electron chi connectivity index (χ1n) is 8.26. The molecule has 0 radical (unpaired) electrons. The minimum atomic E-state index is -4.65. The number of benzene rings is 1. The van der Waals surface area contributed by atoms with Crippen LogP contribution in [0.3, 0.4) is 0 Å². The Morgan fingerprint density at radius 2 is 2.03 bits per heavy atom. The number of halogens is 6. The van der Waals surface area contributed by atoms with E-state index in [1.165, 1.54) is 12.1 Å². The van der Waals surface area contributed by atoms with E-state index in [2.05, 4.69) is 20.7 Å². The molecule has 12 heteroatoms. The number of nitrogens with zero attached hydrogens (tertiary/aromatic N) is 2. The fourth-order valence-electron chi connectivity index (χ4n) is 2.04. The van der Waals surface area contributed by atoms with Gasteiger partial charge in [0.25, 0.3) is 0 Å². The van der Waals surface area contributed by atoms with Crippen molar-refractivity contribution in [2.75, 3.05) is 5.32 Å². The van der Waals surface area contributed by atoms with Crippen LogP contribution < -0.4 is 10.6 Å². The number of aromatic amines is 1. The van der Waals surface area contributed by atoms with Crippen LogP contribution in [0, 0.1) is 5.82 Å². The second kappa shape index (κ2) is 10.3. The summed E-state index contributed by atoms with van der Waals surface area (Å²) in [5, 5.41) is 10.8. The van der Waals surface area contributed by atoms with E-state index < -0.39 is 23.6 Å². The number of hydrogen-bond donors (Lipinski definition) is 3. The summed E-state index contributed by atoms with van der Waals surface area (Å²) in [6.07, 6.45) is -0.0958. The largest absolute Gasteiger partial charge is 0.432 e. The summed E-state index contributed by atoms with van der Waals surface area (Å²) in [5.41, 5.74) is -1.01. The highest BCUT2D eigenvalue weighted by Gasteiger charge is 2.33. The van der Waals surface area contributed by atoms with Gasteiger partial charge >= 0.3 is 6.18 Å². The van der Waals surface area contributed by atoms with Crippen molar-refractivity contribution in [3.63, 3.8) is 0 Å². The number of aliphatic imine (C=N–C) groups is 1. The summed E-state index contributed by atoms with van der Waals surface area (Å²) < 4.78 is 51.7. The number of carbonyl (C=O) groups is 1. The lowest BCUT2D eigenvalue weighted by molar-refractivity contribution is -0.141. The number of alkyl halides is 3. The Morgan fingerprint density at radius 1 is 1.30 bits per heavy atom. The Morgan fingerprint density at radius 3 is 2.63 bits per heavy atom. The van der Waals surface area contributed by atoms with E-state index in [1.807, 2.05) is 0 Å². The molecule has 3 N–H and O–H groups in total. The van der Waals surface area contributed by atoms with Crippen molar-refractivity contribution in [1.29, 1.82) is 0 Å². The fourth-order valence-corrected chi connectivity index (χ4v) is 2.33. The number of H-pyrrole nitrogens is 1. The van der Waals surface area contributed by atoms with Gasteiger partial charge in [-0.15, -0.1) is 0 Å². The van der Waals surface area contributed by atoms with Crippen LogP contribution in [-0.2, 0) is 11.0 Å². The first kappa shape index (κ1) is 23.4. The van der Waals surface area contributed by atoms with Gasteiger partial charge in [-0.05, 0) is 31.2 Å². The number of amides is 1. The SMILES string of the molecule is C/C(Cl)=C\C=C/CC(=O)NC(=Nc1cc(C(F)(F)F)[nH]n1)Nc1cc(F)cc(Cl)c1. The molecule has 30 heavy (non-hydrogen) atoms. The Balaban J connectivity index is 2.25. The van der Waals surface area contributed by atoms with Gasteiger partial charge in [-0.25, -0.2) is 4.39 Å². The van der Waals surface area contributed by atoms with E-state index in [4.69, 9.17) is 23.2 Å². The van der Waals surface area contributed by atoms with E-state index >= 15 is 0 Å². The molecule has 0 atom stereocenters. The van der Waals surface area contributed by atoms with E-state index in [1.54, 1.807) is 24.2 Å². The number of guanidine groups is 1. The van der Waals surface area contributed by atoms with Gasteiger partial charge in [-0.1, -0.05) is 35.4 Å². The Hall–Kier alpha value is -2.85. The van der Waals surface area contributed by atoms with E-state index in [-0.39, 0.29) is 28.9 Å². The van der Waals surface area contributed by atoms with Gasteiger partial charge in [0.2, 0.25) is 11.9 Å². The predicted molar refractivity (Wildman–Crippen MR) is 107 cm³/mol. The lowest BCUT2D eigenvalue weighted by Crippen LogP contribution is -2.35. The van der Waals surface area contributed by atoms with Crippen LogP contribution >= 0.6 is 23.2 Å². The average molecular weight is 464 g/mol. The lowest BCUT2D eigenvalue weighted by Gasteiger charge is -2.11. The standard InChI is InChI=1S/C18H15Cl2F4N5O/c1-10(19)4-2-3-5-16(30)27-17(25-13-7-11(20)6-12(21)8-13)26-15-9-14(28-29-15)18(22,23)24/h2-4,6-9H,5H2,1H3,(H3,25,26,27,28,29,30)/b3-2-,10-4+. The Labute approximate surface area is 178 Å². The normalized spacial score (nSPS) is 13.0. The monoisotopic (exact) mass is 463 g/mol. The minimum absolute atomic E-state index is 0.0634.